The summed E-state index contributed by atoms with van der Waals surface area (Å²) in [6.45, 7) is 0.934. The maximum atomic E-state index is 12.9. The molecule has 1 aromatic heterocycles. The third-order valence-corrected chi connectivity index (χ3v) is 6.06. The Balaban J connectivity index is 1.49. The molecule has 0 saturated carbocycles. The molecule has 0 spiro atoms. The smallest absolute Gasteiger partial charge is 0.255 e. The van der Waals surface area contributed by atoms with Crippen molar-refractivity contribution in [3.8, 4) is 0 Å². The molecule has 0 bridgehead atoms. The lowest BCUT2D eigenvalue weighted by Gasteiger charge is -2.26. The fourth-order valence-corrected chi connectivity index (χ4v) is 4.52. The van der Waals surface area contributed by atoms with E-state index in [4.69, 9.17) is 11.6 Å². The lowest BCUT2D eigenvalue weighted by molar-refractivity contribution is -0.122. The molecule has 1 N–H and O–H groups in total. The average Bonchev–Trinajstić information content (AvgIpc) is 3.34. The molecule has 6 heteroatoms. The number of fused-ring (bicyclic) bond motifs is 1. The second-order valence-corrected chi connectivity index (χ2v) is 8.15. The summed E-state index contributed by atoms with van der Waals surface area (Å²) in [5, 5.41) is 5.56. The van der Waals surface area contributed by atoms with Gasteiger partial charge in [-0.15, -0.1) is 11.3 Å². The van der Waals surface area contributed by atoms with Gasteiger partial charge in [-0.1, -0.05) is 48.0 Å². The molecule has 2 amide bonds. The maximum Gasteiger partial charge on any atom is 0.255 e. The third-order valence-electron chi connectivity index (χ3n) is 4.85. The largest absolute Gasteiger partial charge is 0.352 e. The van der Waals surface area contributed by atoms with E-state index in [1.54, 1.807) is 22.3 Å². The van der Waals surface area contributed by atoms with Crippen LogP contribution in [0, 0.1) is 0 Å². The molecule has 1 atom stereocenters. The molecule has 142 valence electrons. The first-order valence-corrected chi connectivity index (χ1v) is 10.3. The third kappa shape index (κ3) is 3.96. The van der Waals surface area contributed by atoms with Gasteiger partial charge in [0, 0.05) is 28.6 Å². The number of amides is 2. The average molecular weight is 411 g/mol. The summed E-state index contributed by atoms with van der Waals surface area (Å²) in [4.78, 5) is 28.4. The van der Waals surface area contributed by atoms with Crippen LogP contribution >= 0.6 is 22.9 Å². The number of halogens is 1. The molecule has 0 saturated heterocycles. The Morgan fingerprint density at radius 2 is 2.00 bits per heavy atom. The predicted molar refractivity (Wildman–Crippen MR) is 111 cm³/mol. The van der Waals surface area contributed by atoms with Crippen molar-refractivity contribution in [3.63, 3.8) is 0 Å². The molecular formula is C22H19ClN2O2S. The van der Waals surface area contributed by atoms with Crippen LogP contribution in [0.2, 0.25) is 5.02 Å². The Bertz CT molecular complexity index is 1000. The van der Waals surface area contributed by atoms with Crippen LogP contribution in [0.4, 0.5) is 0 Å². The molecule has 2 aromatic carbocycles. The zero-order valence-electron chi connectivity index (χ0n) is 15.1. The van der Waals surface area contributed by atoms with Gasteiger partial charge in [0.2, 0.25) is 5.91 Å². The van der Waals surface area contributed by atoms with Gasteiger partial charge in [0.15, 0.2) is 0 Å². The predicted octanol–water partition coefficient (Wildman–Crippen LogP) is 4.81. The number of nitrogens with one attached hydrogen (secondary N) is 1. The Labute approximate surface area is 172 Å². The fraction of sp³-hybridized carbons (Fsp3) is 0.182. The molecule has 0 aliphatic carbocycles. The van der Waals surface area contributed by atoms with Crippen LogP contribution in [0.3, 0.4) is 0 Å². The van der Waals surface area contributed by atoms with E-state index in [0.29, 0.717) is 18.1 Å². The Morgan fingerprint density at radius 3 is 2.75 bits per heavy atom. The van der Waals surface area contributed by atoms with Crippen molar-refractivity contribution in [1.82, 2.24) is 10.2 Å². The number of thiophene rings is 1. The SMILES string of the molecule is O=C(C[C@H](c1cccs1)N1Cc2ccccc2C1=O)NCc1cccc(Cl)c1. The van der Waals surface area contributed by atoms with E-state index in [1.165, 1.54) is 0 Å². The quantitative estimate of drug-likeness (QED) is 0.634. The van der Waals surface area contributed by atoms with Crippen molar-refractivity contribution in [1.29, 1.82) is 0 Å². The van der Waals surface area contributed by atoms with Crippen molar-refractivity contribution in [3.05, 3.63) is 92.6 Å². The number of rotatable bonds is 6. The zero-order valence-corrected chi connectivity index (χ0v) is 16.7. The van der Waals surface area contributed by atoms with E-state index in [-0.39, 0.29) is 24.3 Å². The minimum Gasteiger partial charge on any atom is -0.352 e. The second kappa shape index (κ2) is 8.17. The number of hydrogen-bond acceptors (Lipinski definition) is 3. The van der Waals surface area contributed by atoms with Crippen molar-refractivity contribution in [2.45, 2.75) is 25.6 Å². The Kier molecular flexibility index (Phi) is 5.46. The number of carbonyl (C=O) groups excluding carboxylic acids is 2. The molecular weight excluding hydrogens is 392 g/mol. The van der Waals surface area contributed by atoms with E-state index in [0.717, 1.165) is 21.6 Å². The van der Waals surface area contributed by atoms with E-state index < -0.39 is 0 Å². The number of nitrogens with zero attached hydrogens (tertiary/aromatic N) is 1. The van der Waals surface area contributed by atoms with Crippen LogP contribution < -0.4 is 5.32 Å². The van der Waals surface area contributed by atoms with Crippen molar-refractivity contribution in [2.75, 3.05) is 0 Å². The normalized spacial score (nSPS) is 14.0. The van der Waals surface area contributed by atoms with Crippen LogP contribution in [0.1, 0.15) is 38.8 Å². The molecule has 1 aliphatic heterocycles. The first-order chi connectivity index (χ1) is 13.6. The highest BCUT2D eigenvalue weighted by atomic mass is 35.5. The highest BCUT2D eigenvalue weighted by Gasteiger charge is 2.34. The van der Waals surface area contributed by atoms with Gasteiger partial charge in [-0.2, -0.15) is 0 Å². The van der Waals surface area contributed by atoms with Crippen molar-refractivity contribution < 1.29 is 9.59 Å². The Hall–Kier alpha value is -2.63. The maximum absolute atomic E-state index is 12.9. The summed E-state index contributed by atoms with van der Waals surface area (Å²) in [5.74, 6) is -0.112. The van der Waals surface area contributed by atoms with E-state index in [9.17, 15) is 9.59 Å². The van der Waals surface area contributed by atoms with Gasteiger partial charge in [-0.3, -0.25) is 9.59 Å². The topological polar surface area (TPSA) is 49.4 Å². The second-order valence-electron chi connectivity index (χ2n) is 6.73. The minimum atomic E-state index is -0.278. The zero-order chi connectivity index (χ0) is 19.5. The van der Waals surface area contributed by atoms with Gasteiger partial charge in [0.1, 0.15) is 0 Å². The summed E-state index contributed by atoms with van der Waals surface area (Å²) in [6.07, 6.45) is 0.223. The van der Waals surface area contributed by atoms with Gasteiger partial charge < -0.3 is 10.2 Å². The van der Waals surface area contributed by atoms with Crippen LogP contribution in [-0.2, 0) is 17.9 Å². The summed E-state index contributed by atoms with van der Waals surface area (Å²) in [6, 6.07) is 18.7. The van der Waals surface area contributed by atoms with Crippen LogP contribution in [0.5, 0.6) is 0 Å². The Morgan fingerprint density at radius 1 is 1.14 bits per heavy atom. The summed E-state index contributed by atoms with van der Waals surface area (Å²) in [7, 11) is 0. The van der Waals surface area contributed by atoms with Gasteiger partial charge in [0.05, 0.1) is 12.5 Å². The van der Waals surface area contributed by atoms with E-state index in [2.05, 4.69) is 5.32 Å². The van der Waals surface area contributed by atoms with Gasteiger partial charge in [0.25, 0.3) is 5.91 Å². The lowest BCUT2D eigenvalue weighted by atomic mass is 10.1. The monoisotopic (exact) mass is 410 g/mol. The summed E-state index contributed by atoms with van der Waals surface area (Å²) < 4.78 is 0. The van der Waals surface area contributed by atoms with Crippen LogP contribution in [-0.4, -0.2) is 16.7 Å². The van der Waals surface area contributed by atoms with E-state index >= 15 is 0 Å². The minimum absolute atomic E-state index is 0.0170. The van der Waals surface area contributed by atoms with Crippen LogP contribution in [0.15, 0.2) is 66.0 Å². The highest BCUT2D eigenvalue weighted by molar-refractivity contribution is 7.10. The first-order valence-electron chi connectivity index (χ1n) is 9.05. The summed E-state index contributed by atoms with van der Waals surface area (Å²) in [5.41, 5.74) is 2.68. The van der Waals surface area contributed by atoms with Crippen molar-refractivity contribution in [2.24, 2.45) is 0 Å². The highest BCUT2D eigenvalue weighted by Crippen LogP contribution is 2.35. The molecule has 4 rings (SSSR count). The molecule has 0 unspecified atom stereocenters. The fourth-order valence-electron chi connectivity index (χ4n) is 3.47. The van der Waals surface area contributed by atoms with E-state index in [1.807, 2.05) is 60.0 Å². The first kappa shape index (κ1) is 18.7. The number of benzene rings is 2. The molecule has 0 fully saturated rings. The number of hydrogen-bond donors (Lipinski definition) is 1. The van der Waals surface area contributed by atoms with Gasteiger partial charge in [-0.25, -0.2) is 0 Å². The molecule has 0 radical (unpaired) electrons. The molecule has 4 nitrogen and oxygen atoms in total. The van der Waals surface area contributed by atoms with Gasteiger partial charge >= 0.3 is 0 Å². The summed E-state index contributed by atoms with van der Waals surface area (Å²) >= 11 is 7.57. The molecule has 2 heterocycles. The van der Waals surface area contributed by atoms with Crippen molar-refractivity contribution >= 4 is 34.8 Å². The molecule has 28 heavy (non-hydrogen) atoms. The lowest BCUT2D eigenvalue weighted by Crippen LogP contribution is -2.33. The molecule has 3 aromatic rings. The van der Waals surface area contributed by atoms with Crippen LogP contribution in [0.25, 0.3) is 0 Å². The molecule has 1 aliphatic rings. The number of carbonyl (C=O) groups is 2. The standard InChI is InChI=1S/C22H19ClN2O2S/c23-17-7-3-5-15(11-17)13-24-21(26)12-19(20-9-4-10-28-20)25-14-16-6-1-2-8-18(16)22(25)27/h1-11,19H,12-14H2,(H,24,26)/t19-/m1/s1. The van der Waals surface area contributed by atoms with Gasteiger partial charge in [-0.05, 0) is 40.8 Å².